The van der Waals surface area contributed by atoms with Crippen LogP contribution >= 0.6 is 11.6 Å². The van der Waals surface area contributed by atoms with E-state index in [4.69, 9.17) is 16.0 Å². The number of rotatable bonds is 4. The SMILES string of the molecule is C[C@@H]1C[C@@H](C)CN(c2oc(-c3ccccc3F)nc2S(=O)(=O)c2ccc(Cl)cc2)C1. The van der Waals surface area contributed by atoms with Gasteiger partial charge in [-0.05, 0) is 54.7 Å². The van der Waals surface area contributed by atoms with E-state index in [0.29, 0.717) is 29.9 Å². The molecule has 3 aromatic rings. The van der Waals surface area contributed by atoms with E-state index in [1.54, 1.807) is 12.1 Å². The van der Waals surface area contributed by atoms with Crippen LogP contribution in [0.2, 0.25) is 5.02 Å². The molecule has 30 heavy (non-hydrogen) atoms. The van der Waals surface area contributed by atoms with Crippen LogP contribution in [0.15, 0.2) is 62.9 Å². The van der Waals surface area contributed by atoms with Gasteiger partial charge in [-0.3, -0.25) is 0 Å². The predicted octanol–water partition coefficient (Wildman–Crippen LogP) is 5.45. The van der Waals surface area contributed by atoms with Crippen molar-refractivity contribution in [3.63, 3.8) is 0 Å². The molecule has 158 valence electrons. The van der Waals surface area contributed by atoms with Crippen LogP contribution in [0.1, 0.15) is 20.3 Å². The van der Waals surface area contributed by atoms with Crippen LogP contribution in [0.25, 0.3) is 11.5 Å². The highest BCUT2D eigenvalue weighted by atomic mass is 35.5. The number of benzene rings is 2. The molecule has 1 aliphatic heterocycles. The zero-order valence-corrected chi connectivity index (χ0v) is 18.3. The number of hydrogen-bond donors (Lipinski definition) is 0. The molecule has 2 heterocycles. The quantitative estimate of drug-likeness (QED) is 0.531. The summed E-state index contributed by atoms with van der Waals surface area (Å²) in [6.07, 6.45) is 1.05. The molecule has 0 radical (unpaired) electrons. The van der Waals surface area contributed by atoms with Crippen molar-refractivity contribution >= 4 is 27.3 Å². The molecule has 2 atom stereocenters. The maximum Gasteiger partial charge on any atom is 0.236 e. The Morgan fingerprint density at radius 2 is 1.70 bits per heavy atom. The Morgan fingerprint density at radius 3 is 2.33 bits per heavy atom. The van der Waals surface area contributed by atoms with E-state index in [0.717, 1.165) is 6.42 Å². The first-order chi connectivity index (χ1) is 14.3. The largest absolute Gasteiger partial charge is 0.419 e. The molecule has 1 fully saturated rings. The van der Waals surface area contributed by atoms with Gasteiger partial charge in [0.1, 0.15) is 5.82 Å². The van der Waals surface area contributed by atoms with E-state index in [-0.39, 0.29) is 27.3 Å². The average molecular weight is 449 g/mol. The van der Waals surface area contributed by atoms with Gasteiger partial charge in [-0.15, -0.1) is 0 Å². The Bertz CT molecular complexity index is 1150. The summed E-state index contributed by atoms with van der Waals surface area (Å²) in [6.45, 7) is 5.51. The van der Waals surface area contributed by atoms with Crippen molar-refractivity contribution < 1.29 is 17.2 Å². The van der Waals surface area contributed by atoms with Crippen LogP contribution < -0.4 is 4.90 Å². The molecular weight excluding hydrogens is 427 g/mol. The standard InChI is InChI=1S/C22H22ClFN2O3S/c1-14-11-15(2)13-26(12-14)22-21(30(27,28)17-9-7-16(23)8-10-17)25-20(29-22)18-5-3-4-6-19(18)24/h3-10,14-15H,11-13H2,1-2H3/t14-,15-/m1/s1. The zero-order chi connectivity index (χ0) is 21.5. The fourth-order valence-corrected chi connectivity index (χ4v) is 5.42. The van der Waals surface area contributed by atoms with Crippen LogP contribution in [0.5, 0.6) is 0 Å². The molecule has 0 amide bonds. The van der Waals surface area contributed by atoms with E-state index >= 15 is 0 Å². The summed E-state index contributed by atoms with van der Waals surface area (Å²) < 4.78 is 47.1. The average Bonchev–Trinajstić information content (AvgIpc) is 3.14. The molecule has 4 rings (SSSR count). The van der Waals surface area contributed by atoms with Gasteiger partial charge in [0.2, 0.25) is 26.6 Å². The molecule has 2 aromatic carbocycles. The molecule has 5 nitrogen and oxygen atoms in total. The summed E-state index contributed by atoms with van der Waals surface area (Å²) in [5.41, 5.74) is 0.120. The Balaban J connectivity index is 1.87. The molecule has 1 saturated heterocycles. The van der Waals surface area contributed by atoms with Crippen molar-refractivity contribution in [1.82, 2.24) is 4.98 Å². The van der Waals surface area contributed by atoms with Crippen LogP contribution in [0.3, 0.4) is 0 Å². The van der Waals surface area contributed by atoms with E-state index in [2.05, 4.69) is 18.8 Å². The second-order valence-corrected chi connectivity index (χ2v) is 10.2. The van der Waals surface area contributed by atoms with Crippen molar-refractivity contribution in [3.05, 3.63) is 59.4 Å². The van der Waals surface area contributed by atoms with E-state index in [1.807, 2.05) is 4.90 Å². The number of oxazole rings is 1. The minimum absolute atomic E-state index is 0.0541. The first kappa shape index (κ1) is 20.9. The topological polar surface area (TPSA) is 63.4 Å². The molecule has 0 unspecified atom stereocenters. The fraction of sp³-hybridized carbons (Fsp3) is 0.318. The highest BCUT2D eigenvalue weighted by Gasteiger charge is 2.34. The minimum Gasteiger partial charge on any atom is -0.419 e. The molecular formula is C22H22ClFN2O3S. The van der Waals surface area contributed by atoms with Gasteiger partial charge in [-0.1, -0.05) is 37.6 Å². The van der Waals surface area contributed by atoms with Gasteiger partial charge in [0, 0.05) is 18.1 Å². The van der Waals surface area contributed by atoms with E-state index in [9.17, 15) is 12.8 Å². The van der Waals surface area contributed by atoms with Crippen LogP contribution in [0.4, 0.5) is 10.3 Å². The Kier molecular flexibility index (Phi) is 5.59. The molecule has 0 aliphatic carbocycles. The third kappa shape index (κ3) is 3.96. The molecule has 1 aliphatic rings. The van der Waals surface area contributed by atoms with Crippen molar-refractivity contribution in [2.45, 2.75) is 30.2 Å². The molecule has 0 N–H and O–H groups in total. The lowest BCUT2D eigenvalue weighted by Crippen LogP contribution is -2.39. The summed E-state index contributed by atoms with van der Waals surface area (Å²) in [5, 5.41) is 0.226. The Morgan fingerprint density at radius 1 is 1.07 bits per heavy atom. The predicted molar refractivity (Wildman–Crippen MR) is 114 cm³/mol. The molecule has 8 heteroatoms. The highest BCUT2D eigenvalue weighted by molar-refractivity contribution is 7.91. The third-order valence-corrected chi connectivity index (χ3v) is 7.14. The summed E-state index contributed by atoms with van der Waals surface area (Å²) in [6, 6.07) is 11.9. The van der Waals surface area contributed by atoms with Gasteiger partial charge in [0.15, 0.2) is 0 Å². The van der Waals surface area contributed by atoms with E-state index < -0.39 is 15.7 Å². The number of nitrogens with zero attached hydrogens (tertiary/aromatic N) is 2. The van der Waals surface area contributed by atoms with Gasteiger partial charge in [-0.25, -0.2) is 12.8 Å². The fourth-order valence-electron chi connectivity index (χ4n) is 3.98. The number of anilines is 1. The third-order valence-electron chi connectivity index (χ3n) is 5.22. The maximum atomic E-state index is 14.4. The normalized spacial score (nSPS) is 19.8. The Hall–Kier alpha value is -2.38. The zero-order valence-electron chi connectivity index (χ0n) is 16.7. The van der Waals surface area contributed by atoms with Gasteiger partial charge in [0.25, 0.3) is 0 Å². The highest BCUT2D eigenvalue weighted by Crippen LogP contribution is 2.38. The maximum absolute atomic E-state index is 14.4. The summed E-state index contributed by atoms with van der Waals surface area (Å²) in [7, 11) is -4.00. The monoisotopic (exact) mass is 448 g/mol. The van der Waals surface area contributed by atoms with Gasteiger partial charge in [0.05, 0.1) is 10.5 Å². The second kappa shape index (κ2) is 8.04. The molecule has 1 aromatic heterocycles. The summed E-state index contributed by atoms with van der Waals surface area (Å²) in [5.74, 6) is 0.299. The lowest BCUT2D eigenvalue weighted by Gasteiger charge is -2.34. The lowest BCUT2D eigenvalue weighted by atomic mass is 9.92. The number of sulfone groups is 1. The molecule has 0 bridgehead atoms. The number of hydrogen-bond acceptors (Lipinski definition) is 5. The first-order valence-corrected chi connectivity index (χ1v) is 11.6. The van der Waals surface area contributed by atoms with Crippen LogP contribution in [-0.2, 0) is 9.84 Å². The Labute approximate surface area is 180 Å². The number of piperidine rings is 1. The molecule has 0 saturated carbocycles. The van der Waals surface area contributed by atoms with Gasteiger partial charge in [-0.2, -0.15) is 4.98 Å². The van der Waals surface area contributed by atoms with Crippen LogP contribution in [-0.4, -0.2) is 26.5 Å². The van der Waals surface area contributed by atoms with Gasteiger partial charge >= 0.3 is 0 Å². The summed E-state index contributed by atoms with van der Waals surface area (Å²) >= 11 is 5.92. The van der Waals surface area contributed by atoms with Crippen molar-refractivity contribution in [2.24, 2.45) is 11.8 Å². The molecule has 0 spiro atoms. The van der Waals surface area contributed by atoms with Crippen molar-refractivity contribution in [3.8, 4) is 11.5 Å². The summed E-state index contributed by atoms with van der Waals surface area (Å²) in [4.78, 5) is 6.22. The van der Waals surface area contributed by atoms with E-state index in [1.165, 1.54) is 36.4 Å². The van der Waals surface area contributed by atoms with Crippen molar-refractivity contribution in [2.75, 3.05) is 18.0 Å². The smallest absolute Gasteiger partial charge is 0.236 e. The second-order valence-electron chi connectivity index (χ2n) is 7.92. The number of aromatic nitrogens is 1. The lowest BCUT2D eigenvalue weighted by molar-refractivity contribution is 0.342. The number of halogens is 2. The van der Waals surface area contributed by atoms with Gasteiger partial charge < -0.3 is 9.32 Å². The van der Waals surface area contributed by atoms with Crippen LogP contribution in [0, 0.1) is 17.7 Å². The van der Waals surface area contributed by atoms with Crippen molar-refractivity contribution in [1.29, 1.82) is 0 Å². The minimum atomic E-state index is -4.00. The first-order valence-electron chi connectivity index (χ1n) is 9.77.